The molecule has 0 spiro atoms. The van der Waals surface area contributed by atoms with Gasteiger partial charge in [-0.15, -0.1) is 0 Å². The minimum absolute atomic E-state index is 0.0416. The number of nitrogens with one attached hydrogen (secondary N) is 2. The molecule has 0 aromatic carbocycles. The summed E-state index contributed by atoms with van der Waals surface area (Å²) in [5, 5.41) is 5.68. The van der Waals surface area contributed by atoms with Crippen molar-refractivity contribution in [1.29, 1.82) is 0 Å². The van der Waals surface area contributed by atoms with E-state index >= 15 is 0 Å². The van der Waals surface area contributed by atoms with Crippen LogP contribution >= 0.6 is 0 Å². The third-order valence-corrected chi connectivity index (χ3v) is 3.54. The quantitative estimate of drug-likeness (QED) is 0.726. The predicted octanol–water partition coefficient (Wildman–Crippen LogP) is -0.0310. The van der Waals surface area contributed by atoms with Crippen molar-refractivity contribution < 1.29 is 9.59 Å². The number of piperidine rings is 1. The highest BCUT2D eigenvalue weighted by Crippen LogP contribution is 2.12. The largest absolute Gasteiger partial charge is 0.355 e. The number of likely N-dealkylation sites (N-methyl/N-ethyl adjacent to an activating group) is 1. The summed E-state index contributed by atoms with van der Waals surface area (Å²) in [6.45, 7) is 5.24. The molecule has 1 aliphatic heterocycles. The maximum Gasteiger partial charge on any atom is 0.224 e. The summed E-state index contributed by atoms with van der Waals surface area (Å²) in [4.78, 5) is 25.0. The van der Waals surface area contributed by atoms with Gasteiger partial charge in [0.25, 0.3) is 0 Å². The predicted molar refractivity (Wildman–Crippen MR) is 66.5 cm³/mol. The minimum Gasteiger partial charge on any atom is -0.355 e. The van der Waals surface area contributed by atoms with E-state index in [0.29, 0.717) is 25.9 Å². The Morgan fingerprint density at radius 3 is 2.65 bits per heavy atom. The Labute approximate surface area is 103 Å². The van der Waals surface area contributed by atoms with Crippen LogP contribution in [0.15, 0.2) is 0 Å². The lowest BCUT2D eigenvalue weighted by Gasteiger charge is -2.33. The van der Waals surface area contributed by atoms with Crippen LogP contribution in [-0.4, -0.2) is 49.4 Å². The Morgan fingerprint density at radius 2 is 2.18 bits per heavy atom. The average molecular weight is 241 g/mol. The van der Waals surface area contributed by atoms with Crippen LogP contribution in [0.5, 0.6) is 0 Å². The number of carbonyl (C=O) groups excluding carboxylic acids is 2. The van der Waals surface area contributed by atoms with Crippen molar-refractivity contribution in [3.63, 3.8) is 0 Å². The lowest BCUT2D eigenvalue weighted by Crippen LogP contribution is -2.51. The molecule has 1 rings (SSSR count). The zero-order chi connectivity index (χ0) is 13.1. The van der Waals surface area contributed by atoms with Crippen molar-refractivity contribution in [1.82, 2.24) is 15.5 Å². The highest BCUT2D eigenvalue weighted by Gasteiger charge is 2.27. The molecule has 1 fully saturated rings. The molecule has 17 heavy (non-hydrogen) atoms. The Hall–Kier alpha value is -1.10. The lowest BCUT2D eigenvalue weighted by molar-refractivity contribution is -0.129. The maximum atomic E-state index is 11.9. The third-order valence-electron chi connectivity index (χ3n) is 3.54. The van der Waals surface area contributed by atoms with E-state index in [-0.39, 0.29) is 23.3 Å². The highest BCUT2D eigenvalue weighted by molar-refractivity contribution is 5.83. The maximum absolute atomic E-state index is 11.9. The van der Waals surface area contributed by atoms with Crippen molar-refractivity contribution >= 4 is 11.8 Å². The van der Waals surface area contributed by atoms with Gasteiger partial charge in [-0.3, -0.25) is 9.59 Å². The average Bonchev–Trinajstić information content (AvgIpc) is 2.27. The molecule has 98 valence electrons. The first-order valence-corrected chi connectivity index (χ1v) is 6.05. The van der Waals surface area contributed by atoms with Gasteiger partial charge in [-0.1, -0.05) is 0 Å². The topological polar surface area (TPSA) is 61.4 Å². The van der Waals surface area contributed by atoms with Gasteiger partial charge in [0.15, 0.2) is 0 Å². The van der Waals surface area contributed by atoms with E-state index in [1.165, 1.54) is 0 Å². The molecule has 0 aliphatic carbocycles. The van der Waals surface area contributed by atoms with E-state index in [1.807, 2.05) is 14.1 Å². The third kappa shape index (κ3) is 4.00. The standard InChI is InChI=1S/C12H23N3O2/c1-12(2,15(3)4)8-14-11(17)9-5-6-10(16)13-7-9/h9H,5-8H2,1-4H3,(H,13,16)(H,14,17). The molecule has 0 saturated carbocycles. The van der Waals surface area contributed by atoms with E-state index in [2.05, 4.69) is 29.4 Å². The number of hydrogen-bond acceptors (Lipinski definition) is 3. The molecule has 0 aromatic rings. The fourth-order valence-corrected chi connectivity index (χ4v) is 1.56. The summed E-state index contributed by atoms with van der Waals surface area (Å²) < 4.78 is 0. The summed E-state index contributed by atoms with van der Waals surface area (Å²) in [5.41, 5.74) is -0.0619. The molecule has 0 radical (unpaired) electrons. The Balaban J connectivity index is 2.37. The molecule has 5 heteroatoms. The van der Waals surface area contributed by atoms with E-state index in [1.54, 1.807) is 0 Å². The van der Waals surface area contributed by atoms with Crippen molar-refractivity contribution in [3.05, 3.63) is 0 Å². The van der Waals surface area contributed by atoms with E-state index < -0.39 is 0 Å². The number of rotatable bonds is 4. The minimum atomic E-state index is -0.0781. The smallest absolute Gasteiger partial charge is 0.224 e. The van der Waals surface area contributed by atoms with E-state index in [4.69, 9.17) is 0 Å². The summed E-state index contributed by atoms with van der Waals surface area (Å²) in [6.07, 6.45) is 1.11. The summed E-state index contributed by atoms with van der Waals surface area (Å²) in [5.74, 6) is 0.00765. The highest BCUT2D eigenvalue weighted by atomic mass is 16.2. The zero-order valence-electron chi connectivity index (χ0n) is 11.2. The van der Waals surface area contributed by atoms with E-state index in [9.17, 15) is 9.59 Å². The second-order valence-electron chi connectivity index (χ2n) is 5.46. The first-order chi connectivity index (χ1) is 7.83. The zero-order valence-corrected chi connectivity index (χ0v) is 11.2. The first kappa shape index (κ1) is 14.0. The molecular weight excluding hydrogens is 218 g/mol. The molecule has 1 heterocycles. The van der Waals surface area contributed by atoms with Gasteiger partial charge in [-0.2, -0.15) is 0 Å². The molecule has 2 N–H and O–H groups in total. The SMILES string of the molecule is CN(C)C(C)(C)CNC(=O)C1CCC(=O)NC1. The number of nitrogens with zero attached hydrogens (tertiary/aromatic N) is 1. The van der Waals surface area contributed by atoms with Crippen LogP contribution in [0, 0.1) is 5.92 Å². The van der Waals surface area contributed by atoms with Crippen molar-refractivity contribution in [2.45, 2.75) is 32.2 Å². The molecule has 0 bridgehead atoms. The van der Waals surface area contributed by atoms with E-state index in [0.717, 1.165) is 0 Å². The normalized spacial score (nSPS) is 21.2. The van der Waals surface area contributed by atoms with Crippen LogP contribution in [0.1, 0.15) is 26.7 Å². The molecule has 0 aromatic heterocycles. The Bertz CT molecular complexity index is 290. The molecule has 1 saturated heterocycles. The van der Waals surface area contributed by atoms with Crippen LogP contribution in [0.25, 0.3) is 0 Å². The number of carbonyl (C=O) groups is 2. The molecule has 1 atom stereocenters. The fourth-order valence-electron chi connectivity index (χ4n) is 1.56. The van der Waals surface area contributed by atoms with Gasteiger partial charge in [0.05, 0.1) is 5.92 Å². The van der Waals surface area contributed by atoms with Crippen LogP contribution < -0.4 is 10.6 Å². The van der Waals surface area contributed by atoms with Gasteiger partial charge in [0, 0.05) is 25.0 Å². The van der Waals surface area contributed by atoms with Crippen LogP contribution in [0.4, 0.5) is 0 Å². The van der Waals surface area contributed by atoms with Crippen LogP contribution in [0.2, 0.25) is 0 Å². The van der Waals surface area contributed by atoms with Gasteiger partial charge < -0.3 is 15.5 Å². The molecule has 5 nitrogen and oxygen atoms in total. The first-order valence-electron chi connectivity index (χ1n) is 6.05. The monoisotopic (exact) mass is 241 g/mol. The lowest BCUT2D eigenvalue weighted by atomic mass is 9.97. The second-order valence-corrected chi connectivity index (χ2v) is 5.46. The molecular formula is C12H23N3O2. The van der Waals surface area contributed by atoms with Crippen molar-refractivity contribution in [3.8, 4) is 0 Å². The van der Waals surface area contributed by atoms with Gasteiger partial charge >= 0.3 is 0 Å². The Kier molecular flexibility index (Phi) is 4.51. The summed E-state index contributed by atoms with van der Waals surface area (Å²) in [7, 11) is 3.99. The van der Waals surface area contributed by atoms with Crippen molar-refractivity contribution in [2.75, 3.05) is 27.2 Å². The second kappa shape index (κ2) is 5.49. The molecule has 2 amide bonds. The summed E-state index contributed by atoms with van der Waals surface area (Å²) in [6, 6.07) is 0. The Morgan fingerprint density at radius 1 is 1.53 bits per heavy atom. The van der Waals surface area contributed by atoms with Crippen LogP contribution in [-0.2, 0) is 9.59 Å². The van der Waals surface area contributed by atoms with Gasteiger partial charge in [-0.25, -0.2) is 0 Å². The summed E-state index contributed by atoms with van der Waals surface area (Å²) >= 11 is 0. The number of hydrogen-bond donors (Lipinski definition) is 2. The van der Waals surface area contributed by atoms with Crippen LogP contribution in [0.3, 0.4) is 0 Å². The van der Waals surface area contributed by atoms with Gasteiger partial charge in [0.2, 0.25) is 11.8 Å². The van der Waals surface area contributed by atoms with Crippen molar-refractivity contribution in [2.24, 2.45) is 5.92 Å². The van der Waals surface area contributed by atoms with Gasteiger partial charge in [0.1, 0.15) is 0 Å². The molecule has 1 unspecified atom stereocenters. The molecule has 1 aliphatic rings. The fraction of sp³-hybridized carbons (Fsp3) is 0.833. The number of amides is 2. The van der Waals surface area contributed by atoms with Gasteiger partial charge in [-0.05, 0) is 34.4 Å².